The monoisotopic (exact) mass is 489 g/mol. The van der Waals surface area contributed by atoms with Crippen LogP contribution in [0.1, 0.15) is 11.1 Å². The summed E-state index contributed by atoms with van der Waals surface area (Å²) < 4.78 is 19.9. The van der Waals surface area contributed by atoms with Gasteiger partial charge < -0.3 is 9.84 Å². The molecule has 8 nitrogen and oxygen atoms in total. The molecule has 10 heteroatoms. The minimum atomic E-state index is -0.356. The fourth-order valence-electron chi connectivity index (χ4n) is 3.71. The summed E-state index contributed by atoms with van der Waals surface area (Å²) in [6, 6.07) is 15.6. The third kappa shape index (κ3) is 4.73. The summed E-state index contributed by atoms with van der Waals surface area (Å²) in [6.07, 6.45) is 2.08. The van der Waals surface area contributed by atoms with Gasteiger partial charge in [-0.1, -0.05) is 35.5 Å². The van der Waals surface area contributed by atoms with E-state index in [9.17, 15) is 14.0 Å². The number of halogens is 1. The predicted molar refractivity (Wildman–Crippen MR) is 130 cm³/mol. The van der Waals surface area contributed by atoms with Gasteiger partial charge in [-0.3, -0.25) is 14.2 Å². The molecule has 0 atom stereocenters. The van der Waals surface area contributed by atoms with Gasteiger partial charge in [0.2, 0.25) is 11.7 Å². The Morgan fingerprint density at radius 3 is 2.69 bits per heavy atom. The normalized spacial score (nSPS) is 11.1. The van der Waals surface area contributed by atoms with E-state index < -0.39 is 0 Å². The molecule has 3 heterocycles. The van der Waals surface area contributed by atoms with Crippen molar-refractivity contribution in [1.29, 1.82) is 0 Å². The first-order valence-electron chi connectivity index (χ1n) is 10.9. The van der Waals surface area contributed by atoms with Crippen LogP contribution >= 0.6 is 11.3 Å². The molecule has 0 unspecified atom stereocenters. The summed E-state index contributed by atoms with van der Waals surface area (Å²) in [7, 11) is 0. The standard InChI is InChI=1S/C25H20FN5O3S/c1-15-20-24(35-21(15)23-29-22(30-34-23)17-7-9-18(26)10-8-17)28-14-31(25(20)33)13-19(32)27-12-11-16-5-3-2-4-6-16/h2-10,14H,11-13H2,1H3,(H,27,32). The molecule has 3 aromatic heterocycles. The number of hydrogen-bond acceptors (Lipinski definition) is 7. The molecule has 0 aliphatic heterocycles. The van der Waals surface area contributed by atoms with Crippen molar-refractivity contribution in [2.75, 3.05) is 6.54 Å². The summed E-state index contributed by atoms with van der Waals surface area (Å²) in [5, 5.41) is 7.23. The minimum absolute atomic E-state index is 0.129. The van der Waals surface area contributed by atoms with Gasteiger partial charge in [0, 0.05) is 12.1 Å². The van der Waals surface area contributed by atoms with Crippen molar-refractivity contribution < 1.29 is 13.7 Å². The van der Waals surface area contributed by atoms with E-state index in [0.29, 0.717) is 45.0 Å². The molecule has 0 aliphatic rings. The second-order valence-electron chi connectivity index (χ2n) is 7.93. The van der Waals surface area contributed by atoms with E-state index >= 15 is 0 Å². The molecule has 5 rings (SSSR count). The lowest BCUT2D eigenvalue weighted by Gasteiger charge is -2.07. The van der Waals surface area contributed by atoms with Gasteiger partial charge in [0.05, 0.1) is 16.6 Å². The van der Waals surface area contributed by atoms with E-state index in [0.717, 1.165) is 5.56 Å². The Bertz CT molecular complexity index is 1560. The summed E-state index contributed by atoms with van der Waals surface area (Å²) in [4.78, 5) is 35.5. The van der Waals surface area contributed by atoms with Crippen LogP contribution in [-0.2, 0) is 17.8 Å². The molecular formula is C25H20FN5O3S. The second-order valence-corrected chi connectivity index (χ2v) is 8.93. The highest BCUT2D eigenvalue weighted by atomic mass is 32.1. The molecule has 0 bridgehead atoms. The van der Waals surface area contributed by atoms with Crippen LogP contribution in [0.3, 0.4) is 0 Å². The zero-order chi connectivity index (χ0) is 24.4. The summed E-state index contributed by atoms with van der Waals surface area (Å²) >= 11 is 1.26. The van der Waals surface area contributed by atoms with E-state index in [-0.39, 0.29) is 29.7 Å². The maximum atomic E-state index is 13.2. The van der Waals surface area contributed by atoms with Crippen molar-refractivity contribution >= 4 is 27.5 Å². The third-order valence-corrected chi connectivity index (χ3v) is 6.72. The maximum absolute atomic E-state index is 13.2. The van der Waals surface area contributed by atoms with E-state index in [4.69, 9.17) is 4.52 Å². The fourth-order valence-corrected chi connectivity index (χ4v) is 4.77. The molecule has 0 fully saturated rings. The molecule has 0 aliphatic carbocycles. The van der Waals surface area contributed by atoms with Gasteiger partial charge in [0.25, 0.3) is 11.4 Å². The number of aromatic nitrogens is 4. The Labute approximate surface area is 203 Å². The number of hydrogen-bond donors (Lipinski definition) is 1. The largest absolute Gasteiger partial charge is 0.354 e. The van der Waals surface area contributed by atoms with Gasteiger partial charge in [-0.2, -0.15) is 4.98 Å². The minimum Gasteiger partial charge on any atom is -0.354 e. The van der Waals surface area contributed by atoms with Crippen LogP contribution in [-0.4, -0.2) is 32.1 Å². The van der Waals surface area contributed by atoms with E-state index in [1.54, 1.807) is 19.1 Å². The van der Waals surface area contributed by atoms with Crippen molar-refractivity contribution in [3.05, 3.63) is 88.2 Å². The molecule has 0 saturated heterocycles. The number of thiophene rings is 1. The van der Waals surface area contributed by atoms with Crippen molar-refractivity contribution in [3.63, 3.8) is 0 Å². The van der Waals surface area contributed by atoms with Crippen LogP contribution in [0.2, 0.25) is 0 Å². The third-order valence-electron chi connectivity index (χ3n) is 5.53. The van der Waals surface area contributed by atoms with Crippen molar-refractivity contribution in [3.8, 4) is 22.2 Å². The van der Waals surface area contributed by atoms with Gasteiger partial charge in [0.1, 0.15) is 17.2 Å². The van der Waals surface area contributed by atoms with Crippen LogP contribution < -0.4 is 10.9 Å². The van der Waals surface area contributed by atoms with E-state index in [1.807, 2.05) is 30.3 Å². The highest BCUT2D eigenvalue weighted by molar-refractivity contribution is 7.22. The number of carbonyl (C=O) groups is 1. The Kier molecular flexibility index (Phi) is 6.19. The molecule has 0 saturated carbocycles. The predicted octanol–water partition coefficient (Wildman–Crippen LogP) is 3.98. The quantitative estimate of drug-likeness (QED) is 0.371. The Hall–Kier alpha value is -4.18. The Balaban J connectivity index is 1.34. The first-order chi connectivity index (χ1) is 17.0. The summed E-state index contributed by atoms with van der Waals surface area (Å²) in [5.74, 6) is -0.0630. The SMILES string of the molecule is Cc1c(-c2nc(-c3ccc(F)cc3)no2)sc2ncn(CC(=O)NCCc3ccccc3)c(=O)c12. The number of benzene rings is 2. The summed E-state index contributed by atoms with van der Waals surface area (Å²) in [5.41, 5.74) is 2.07. The summed E-state index contributed by atoms with van der Waals surface area (Å²) in [6.45, 7) is 2.13. The first-order valence-corrected chi connectivity index (χ1v) is 11.7. The molecular weight excluding hydrogens is 469 g/mol. The first kappa shape index (κ1) is 22.6. The molecule has 2 aromatic carbocycles. The lowest BCUT2D eigenvalue weighted by Crippen LogP contribution is -2.33. The van der Waals surface area contributed by atoms with Crippen LogP contribution in [0.4, 0.5) is 4.39 Å². The number of nitrogens with zero attached hydrogens (tertiary/aromatic N) is 4. The van der Waals surface area contributed by atoms with Crippen LogP contribution in [0.25, 0.3) is 32.4 Å². The van der Waals surface area contributed by atoms with Gasteiger partial charge in [0.15, 0.2) is 0 Å². The average Bonchev–Trinajstić information content (AvgIpc) is 3.47. The zero-order valence-electron chi connectivity index (χ0n) is 18.7. The zero-order valence-corrected chi connectivity index (χ0v) is 19.5. The number of amides is 1. The molecule has 35 heavy (non-hydrogen) atoms. The molecule has 176 valence electrons. The number of fused-ring (bicyclic) bond motifs is 1. The van der Waals surface area contributed by atoms with Crippen LogP contribution in [0.15, 0.2) is 70.2 Å². The van der Waals surface area contributed by atoms with E-state index in [1.165, 1.54) is 34.4 Å². The Morgan fingerprint density at radius 2 is 1.91 bits per heavy atom. The van der Waals surface area contributed by atoms with Gasteiger partial charge in [-0.25, -0.2) is 9.37 Å². The Morgan fingerprint density at radius 1 is 1.14 bits per heavy atom. The van der Waals surface area contributed by atoms with Crippen molar-refractivity contribution in [2.45, 2.75) is 19.9 Å². The topological polar surface area (TPSA) is 103 Å². The van der Waals surface area contributed by atoms with Gasteiger partial charge in [-0.15, -0.1) is 11.3 Å². The van der Waals surface area contributed by atoms with Crippen LogP contribution in [0.5, 0.6) is 0 Å². The number of aryl methyl sites for hydroxylation is 1. The van der Waals surface area contributed by atoms with E-state index in [2.05, 4.69) is 20.4 Å². The highest BCUT2D eigenvalue weighted by Crippen LogP contribution is 2.35. The van der Waals surface area contributed by atoms with Crippen molar-refractivity contribution in [2.24, 2.45) is 0 Å². The number of nitrogens with one attached hydrogen (secondary N) is 1. The van der Waals surface area contributed by atoms with Gasteiger partial charge in [-0.05, 0) is 48.7 Å². The van der Waals surface area contributed by atoms with Crippen molar-refractivity contribution in [1.82, 2.24) is 25.0 Å². The number of carbonyl (C=O) groups excluding carboxylic acids is 1. The fraction of sp³-hybridized carbons (Fsp3) is 0.160. The number of rotatable bonds is 7. The second kappa shape index (κ2) is 9.59. The highest BCUT2D eigenvalue weighted by Gasteiger charge is 2.21. The average molecular weight is 490 g/mol. The lowest BCUT2D eigenvalue weighted by atomic mass is 10.1. The smallest absolute Gasteiger partial charge is 0.268 e. The molecule has 1 N–H and O–H groups in total. The molecule has 1 amide bonds. The van der Waals surface area contributed by atoms with Gasteiger partial charge >= 0.3 is 0 Å². The molecule has 5 aromatic rings. The van der Waals surface area contributed by atoms with Crippen LogP contribution in [0, 0.1) is 12.7 Å². The lowest BCUT2D eigenvalue weighted by molar-refractivity contribution is -0.121. The maximum Gasteiger partial charge on any atom is 0.268 e. The molecule has 0 radical (unpaired) electrons. The molecule has 0 spiro atoms.